The lowest BCUT2D eigenvalue weighted by Gasteiger charge is -2.13. The van der Waals surface area contributed by atoms with Gasteiger partial charge in [-0.3, -0.25) is 4.79 Å². The first-order valence-corrected chi connectivity index (χ1v) is 8.92. The van der Waals surface area contributed by atoms with E-state index in [1.807, 2.05) is 84.9 Å². The topological polar surface area (TPSA) is 61.6 Å². The fourth-order valence-electron chi connectivity index (χ4n) is 2.65. The molecule has 0 fully saturated rings. The lowest BCUT2D eigenvalue weighted by molar-refractivity contribution is -0.145. The van der Waals surface area contributed by atoms with Crippen molar-refractivity contribution < 1.29 is 14.3 Å². The molecule has 1 unspecified atom stereocenters. The summed E-state index contributed by atoms with van der Waals surface area (Å²) in [5, 5.41) is 0. The van der Waals surface area contributed by atoms with Crippen molar-refractivity contribution in [2.24, 2.45) is 5.73 Å². The minimum absolute atomic E-state index is 0.136. The molecule has 2 N–H and O–H groups in total. The Balaban J connectivity index is 1.46. The summed E-state index contributed by atoms with van der Waals surface area (Å²) >= 11 is 0. The van der Waals surface area contributed by atoms with Gasteiger partial charge in [-0.25, -0.2) is 0 Å². The zero-order chi connectivity index (χ0) is 18.9. The highest BCUT2D eigenvalue weighted by Crippen LogP contribution is 2.20. The standard InChI is InChI=1S/C23H23NO3/c24-22(15-23(25)27-17-19-9-5-2-6-10-19)20-11-13-21(14-12-20)26-16-18-7-3-1-4-8-18/h1-14,22H,15-17,24H2. The van der Waals surface area contributed by atoms with Gasteiger partial charge >= 0.3 is 5.97 Å². The summed E-state index contributed by atoms with van der Waals surface area (Å²) < 4.78 is 11.1. The lowest BCUT2D eigenvalue weighted by atomic mass is 10.0. The number of esters is 1. The lowest BCUT2D eigenvalue weighted by Crippen LogP contribution is -2.17. The predicted molar refractivity (Wildman–Crippen MR) is 105 cm³/mol. The smallest absolute Gasteiger partial charge is 0.308 e. The molecule has 0 aromatic heterocycles. The van der Waals surface area contributed by atoms with Crippen LogP contribution < -0.4 is 10.5 Å². The molecule has 0 saturated carbocycles. The average molecular weight is 361 g/mol. The first-order valence-electron chi connectivity index (χ1n) is 8.92. The summed E-state index contributed by atoms with van der Waals surface area (Å²) in [7, 11) is 0. The van der Waals surface area contributed by atoms with Crippen molar-refractivity contribution >= 4 is 5.97 Å². The molecule has 0 aliphatic heterocycles. The van der Waals surface area contributed by atoms with Gasteiger partial charge in [0, 0.05) is 6.04 Å². The van der Waals surface area contributed by atoms with Crippen LogP contribution >= 0.6 is 0 Å². The Labute approximate surface area is 159 Å². The van der Waals surface area contributed by atoms with E-state index in [1.54, 1.807) is 0 Å². The molecular formula is C23H23NO3. The van der Waals surface area contributed by atoms with E-state index in [9.17, 15) is 4.79 Å². The minimum Gasteiger partial charge on any atom is -0.489 e. The fourth-order valence-corrected chi connectivity index (χ4v) is 2.65. The van der Waals surface area contributed by atoms with Gasteiger partial charge in [0.25, 0.3) is 0 Å². The molecule has 0 aliphatic carbocycles. The van der Waals surface area contributed by atoms with Crippen molar-refractivity contribution in [2.75, 3.05) is 0 Å². The Hall–Kier alpha value is -3.11. The van der Waals surface area contributed by atoms with E-state index in [1.165, 1.54) is 0 Å². The number of benzene rings is 3. The summed E-state index contributed by atoms with van der Waals surface area (Å²) in [6, 6.07) is 26.7. The fraction of sp³-hybridized carbons (Fsp3) is 0.174. The van der Waals surface area contributed by atoms with Gasteiger partial charge in [-0.05, 0) is 28.8 Å². The number of nitrogens with two attached hydrogens (primary N) is 1. The van der Waals surface area contributed by atoms with Crippen LogP contribution in [0.15, 0.2) is 84.9 Å². The molecule has 4 nitrogen and oxygen atoms in total. The summed E-state index contributed by atoms with van der Waals surface area (Å²) in [5.74, 6) is 0.456. The SMILES string of the molecule is NC(CC(=O)OCc1ccccc1)c1ccc(OCc2ccccc2)cc1. The van der Waals surface area contributed by atoms with Crippen LogP contribution in [0.4, 0.5) is 0 Å². The normalized spacial score (nSPS) is 11.6. The summed E-state index contributed by atoms with van der Waals surface area (Å²) in [6.45, 7) is 0.775. The summed E-state index contributed by atoms with van der Waals surface area (Å²) in [5.41, 5.74) is 9.08. The van der Waals surface area contributed by atoms with Crippen molar-refractivity contribution in [3.8, 4) is 5.75 Å². The second kappa shape index (κ2) is 9.55. The highest BCUT2D eigenvalue weighted by atomic mass is 16.5. The van der Waals surface area contributed by atoms with Crippen LogP contribution in [-0.4, -0.2) is 5.97 Å². The number of hydrogen-bond acceptors (Lipinski definition) is 4. The quantitative estimate of drug-likeness (QED) is 0.604. The monoisotopic (exact) mass is 361 g/mol. The predicted octanol–water partition coefficient (Wildman–Crippen LogP) is 4.40. The number of ether oxygens (including phenoxy) is 2. The molecule has 0 radical (unpaired) electrons. The molecule has 0 bridgehead atoms. The zero-order valence-electron chi connectivity index (χ0n) is 15.1. The van der Waals surface area contributed by atoms with E-state index in [0.717, 1.165) is 22.4 Å². The van der Waals surface area contributed by atoms with Gasteiger partial charge in [0.1, 0.15) is 19.0 Å². The Bertz CT molecular complexity index is 833. The van der Waals surface area contributed by atoms with Crippen molar-refractivity contribution in [1.29, 1.82) is 0 Å². The van der Waals surface area contributed by atoms with Gasteiger partial charge < -0.3 is 15.2 Å². The van der Waals surface area contributed by atoms with Crippen LogP contribution in [0, 0.1) is 0 Å². The molecule has 3 aromatic rings. The minimum atomic E-state index is -0.406. The van der Waals surface area contributed by atoms with E-state index >= 15 is 0 Å². The van der Waals surface area contributed by atoms with Gasteiger partial charge in [0.2, 0.25) is 0 Å². The third-order valence-corrected chi connectivity index (χ3v) is 4.19. The Morgan fingerprint density at radius 1 is 0.778 bits per heavy atom. The van der Waals surface area contributed by atoms with Crippen molar-refractivity contribution in [3.63, 3.8) is 0 Å². The van der Waals surface area contributed by atoms with Crippen molar-refractivity contribution in [2.45, 2.75) is 25.7 Å². The zero-order valence-corrected chi connectivity index (χ0v) is 15.1. The highest BCUT2D eigenvalue weighted by Gasteiger charge is 2.13. The first-order chi connectivity index (χ1) is 13.2. The van der Waals surface area contributed by atoms with Gasteiger partial charge in [-0.1, -0.05) is 72.8 Å². The Morgan fingerprint density at radius 2 is 1.33 bits per heavy atom. The summed E-state index contributed by atoms with van der Waals surface area (Å²) in [6.07, 6.45) is 0.136. The van der Waals surface area contributed by atoms with Crippen molar-refractivity contribution in [3.05, 3.63) is 102 Å². The number of carbonyl (C=O) groups excluding carboxylic acids is 1. The maximum atomic E-state index is 12.0. The van der Waals surface area contributed by atoms with Crippen LogP contribution in [0.1, 0.15) is 29.2 Å². The third-order valence-electron chi connectivity index (χ3n) is 4.19. The van der Waals surface area contributed by atoms with Gasteiger partial charge in [0.15, 0.2) is 0 Å². The van der Waals surface area contributed by atoms with Gasteiger partial charge in [-0.15, -0.1) is 0 Å². The van der Waals surface area contributed by atoms with E-state index in [-0.39, 0.29) is 19.0 Å². The number of hydrogen-bond donors (Lipinski definition) is 1. The number of carbonyl (C=O) groups is 1. The molecule has 0 spiro atoms. The maximum Gasteiger partial charge on any atom is 0.308 e. The maximum absolute atomic E-state index is 12.0. The van der Waals surface area contributed by atoms with Crippen LogP contribution in [0.25, 0.3) is 0 Å². The Morgan fingerprint density at radius 3 is 1.93 bits per heavy atom. The second-order valence-corrected chi connectivity index (χ2v) is 6.30. The molecule has 27 heavy (non-hydrogen) atoms. The molecule has 0 amide bonds. The van der Waals surface area contributed by atoms with E-state index in [2.05, 4.69) is 0 Å². The van der Waals surface area contributed by atoms with E-state index < -0.39 is 6.04 Å². The van der Waals surface area contributed by atoms with Crippen LogP contribution in [0.2, 0.25) is 0 Å². The molecule has 4 heteroatoms. The highest BCUT2D eigenvalue weighted by molar-refractivity contribution is 5.70. The third kappa shape index (κ3) is 5.97. The summed E-state index contributed by atoms with van der Waals surface area (Å²) in [4.78, 5) is 12.0. The first kappa shape index (κ1) is 18.7. The molecule has 0 aliphatic rings. The largest absolute Gasteiger partial charge is 0.489 e. The van der Waals surface area contributed by atoms with Gasteiger partial charge in [0.05, 0.1) is 6.42 Å². The van der Waals surface area contributed by atoms with E-state index in [0.29, 0.717) is 6.61 Å². The molecule has 3 aromatic carbocycles. The van der Waals surface area contributed by atoms with Crippen molar-refractivity contribution in [1.82, 2.24) is 0 Å². The van der Waals surface area contributed by atoms with Crippen LogP contribution in [-0.2, 0) is 22.7 Å². The molecule has 3 rings (SSSR count). The molecule has 1 atom stereocenters. The van der Waals surface area contributed by atoms with Crippen LogP contribution in [0.5, 0.6) is 5.75 Å². The molecule has 0 heterocycles. The van der Waals surface area contributed by atoms with Crippen LogP contribution in [0.3, 0.4) is 0 Å². The van der Waals surface area contributed by atoms with E-state index in [4.69, 9.17) is 15.2 Å². The second-order valence-electron chi connectivity index (χ2n) is 6.30. The molecule has 138 valence electrons. The number of rotatable bonds is 8. The molecule has 0 saturated heterocycles. The Kier molecular flexibility index (Phi) is 6.61. The average Bonchev–Trinajstić information content (AvgIpc) is 2.72. The molecular weight excluding hydrogens is 338 g/mol. The van der Waals surface area contributed by atoms with Gasteiger partial charge in [-0.2, -0.15) is 0 Å².